The summed E-state index contributed by atoms with van der Waals surface area (Å²) in [5, 5.41) is 0.750. The van der Waals surface area contributed by atoms with E-state index in [9.17, 15) is 0 Å². The van der Waals surface area contributed by atoms with Crippen LogP contribution in [0.15, 0.2) is 35.3 Å². The van der Waals surface area contributed by atoms with Gasteiger partial charge in [0.15, 0.2) is 11.5 Å². The minimum Gasteiger partial charge on any atom is -0.493 e. The summed E-state index contributed by atoms with van der Waals surface area (Å²) in [6.45, 7) is 9.20. The van der Waals surface area contributed by atoms with E-state index in [1.807, 2.05) is 55.5 Å². The van der Waals surface area contributed by atoms with E-state index in [4.69, 9.17) is 21.1 Å². The Hall–Kier alpha value is -2.20. The molecule has 0 radical (unpaired) electrons. The molecule has 0 bridgehead atoms. The maximum atomic E-state index is 6.27. The standard InChI is InChI=1S/C21H27ClN2O2/c1-7-24(5)13-23-19-12-20(25-6)21(10-15(19)4)26-16-8-9-18(22)17(11-16)14(2)3/h8-14H,7H2,1-6H3/b23-13+. The summed E-state index contributed by atoms with van der Waals surface area (Å²) in [5.41, 5.74) is 2.93. The predicted octanol–water partition coefficient (Wildman–Crippen LogP) is 6.18. The Bertz CT molecular complexity index is 788. The molecule has 4 nitrogen and oxygen atoms in total. The molecule has 26 heavy (non-hydrogen) atoms. The van der Waals surface area contributed by atoms with Crippen molar-refractivity contribution in [1.82, 2.24) is 4.90 Å². The fourth-order valence-electron chi connectivity index (χ4n) is 2.43. The first-order valence-corrected chi connectivity index (χ1v) is 9.13. The summed E-state index contributed by atoms with van der Waals surface area (Å²) in [6.07, 6.45) is 1.82. The highest BCUT2D eigenvalue weighted by atomic mass is 35.5. The number of benzene rings is 2. The van der Waals surface area contributed by atoms with Gasteiger partial charge < -0.3 is 14.4 Å². The summed E-state index contributed by atoms with van der Waals surface area (Å²) in [4.78, 5) is 6.54. The fourth-order valence-corrected chi connectivity index (χ4v) is 2.76. The minimum atomic E-state index is 0.321. The van der Waals surface area contributed by atoms with Gasteiger partial charge in [-0.3, -0.25) is 0 Å². The molecule has 0 N–H and O–H groups in total. The second-order valence-electron chi connectivity index (χ2n) is 6.55. The highest BCUT2D eigenvalue weighted by Gasteiger charge is 2.12. The second kappa shape index (κ2) is 8.95. The zero-order valence-electron chi connectivity index (χ0n) is 16.3. The van der Waals surface area contributed by atoms with Gasteiger partial charge in [0.2, 0.25) is 0 Å². The lowest BCUT2D eigenvalue weighted by molar-refractivity contribution is 0.378. The molecule has 2 rings (SSSR count). The van der Waals surface area contributed by atoms with E-state index in [1.54, 1.807) is 7.11 Å². The summed E-state index contributed by atoms with van der Waals surface area (Å²) < 4.78 is 11.6. The van der Waals surface area contributed by atoms with Crippen molar-refractivity contribution >= 4 is 23.6 Å². The molecule has 0 heterocycles. The SMILES string of the molecule is CCN(C)/C=N/c1cc(OC)c(Oc2ccc(Cl)c(C(C)C)c2)cc1C. The van der Waals surface area contributed by atoms with E-state index >= 15 is 0 Å². The molecule has 0 aliphatic heterocycles. The van der Waals surface area contributed by atoms with Crippen molar-refractivity contribution < 1.29 is 9.47 Å². The number of aryl methyl sites for hydroxylation is 1. The molecule has 0 saturated carbocycles. The molecule has 5 heteroatoms. The normalized spacial score (nSPS) is 11.2. The lowest BCUT2D eigenvalue weighted by atomic mass is 10.0. The Morgan fingerprint density at radius 1 is 1.19 bits per heavy atom. The van der Waals surface area contributed by atoms with Gasteiger partial charge in [-0.05, 0) is 55.2 Å². The molecule has 140 valence electrons. The summed E-state index contributed by atoms with van der Waals surface area (Å²) in [6, 6.07) is 9.55. The Morgan fingerprint density at radius 3 is 2.54 bits per heavy atom. The molecular weight excluding hydrogens is 348 g/mol. The van der Waals surface area contributed by atoms with Crippen molar-refractivity contribution in [1.29, 1.82) is 0 Å². The van der Waals surface area contributed by atoms with Gasteiger partial charge in [-0.2, -0.15) is 0 Å². The largest absolute Gasteiger partial charge is 0.493 e. The maximum Gasteiger partial charge on any atom is 0.169 e. The minimum absolute atomic E-state index is 0.321. The van der Waals surface area contributed by atoms with Gasteiger partial charge >= 0.3 is 0 Å². The number of hydrogen-bond donors (Lipinski definition) is 0. The molecule has 0 aliphatic rings. The molecule has 0 unspecified atom stereocenters. The van der Waals surface area contributed by atoms with Crippen LogP contribution in [0.25, 0.3) is 0 Å². The van der Waals surface area contributed by atoms with Crippen molar-refractivity contribution in [2.24, 2.45) is 4.99 Å². The van der Waals surface area contributed by atoms with Gasteiger partial charge in [-0.1, -0.05) is 25.4 Å². The monoisotopic (exact) mass is 374 g/mol. The van der Waals surface area contributed by atoms with E-state index in [0.29, 0.717) is 17.4 Å². The molecule has 0 atom stereocenters. The van der Waals surface area contributed by atoms with Crippen LogP contribution in [0.5, 0.6) is 17.2 Å². The van der Waals surface area contributed by atoms with Crippen LogP contribution in [0.1, 0.15) is 37.8 Å². The van der Waals surface area contributed by atoms with E-state index in [1.165, 1.54) is 0 Å². The average Bonchev–Trinajstić information content (AvgIpc) is 2.62. The zero-order valence-corrected chi connectivity index (χ0v) is 17.1. The van der Waals surface area contributed by atoms with Gasteiger partial charge in [0.1, 0.15) is 5.75 Å². The molecule has 2 aromatic rings. The molecule has 0 amide bonds. The third-order valence-electron chi connectivity index (χ3n) is 4.19. The van der Waals surface area contributed by atoms with Crippen LogP contribution in [0.3, 0.4) is 0 Å². The Morgan fingerprint density at radius 2 is 1.92 bits per heavy atom. The zero-order chi connectivity index (χ0) is 19.3. The molecule has 2 aromatic carbocycles. The third-order valence-corrected chi connectivity index (χ3v) is 4.54. The van der Waals surface area contributed by atoms with E-state index in [-0.39, 0.29) is 0 Å². The first-order valence-electron chi connectivity index (χ1n) is 8.76. The van der Waals surface area contributed by atoms with Crippen molar-refractivity contribution in [2.45, 2.75) is 33.6 Å². The van der Waals surface area contributed by atoms with E-state index in [2.05, 4.69) is 25.8 Å². The van der Waals surface area contributed by atoms with Gasteiger partial charge in [0.25, 0.3) is 0 Å². The number of methoxy groups -OCH3 is 1. The molecule has 0 spiro atoms. The lowest BCUT2D eigenvalue weighted by Gasteiger charge is -2.15. The van der Waals surface area contributed by atoms with Gasteiger partial charge in [-0.15, -0.1) is 0 Å². The number of ether oxygens (including phenoxy) is 2. The van der Waals surface area contributed by atoms with E-state index < -0.39 is 0 Å². The van der Waals surface area contributed by atoms with Crippen LogP contribution >= 0.6 is 11.6 Å². The number of aliphatic imine (C=N–C) groups is 1. The van der Waals surface area contributed by atoms with E-state index in [0.717, 1.165) is 34.1 Å². The molecule has 0 aromatic heterocycles. The molecule has 0 saturated heterocycles. The van der Waals surface area contributed by atoms with Crippen molar-refractivity contribution in [2.75, 3.05) is 20.7 Å². The van der Waals surface area contributed by atoms with Crippen LogP contribution < -0.4 is 9.47 Å². The first-order chi connectivity index (χ1) is 12.3. The predicted molar refractivity (Wildman–Crippen MR) is 110 cm³/mol. The Kier molecular flexibility index (Phi) is 6.92. The van der Waals surface area contributed by atoms with Gasteiger partial charge in [0.05, 0.1) is 19.1 Å². The number of nitrogens with zero attached hydrogens (tertiary/aromatic N) is 2. The first kappa shape index (κ1) is 20.1. The number of hydrogen-bond acceptors (Lipinski definition) is 3. The summed E-state index contributed by atoms with van der Waals surface area (Å²) >= 11 is 6.27. The van der Waals surface area contributed by atoms with Crippen LogP contribution in [-0.4, -0.2) is 31.9 Å². The summed E-state index contributed by atoms with van der Waals surface area (Å²) in [7, 11) is 3.62. The molecular formula is C21H27ClN2O2. The fraction of sp³-hybridized carbons (Fsp3) is 0.381. The quantitative estimate of drug-likeness (QED) is 0.428. The van der Waals surface area contributed by atoms with Crippen molar-refractivity contribution in [3.8, 4) is 17.2 Å². The maximum absolute atomic E-state index is 6.27. The van der Waals surface area contributed by atoms with Gasteiger partial charge in [0, 0.05) is 24.7 Å². The third kappa shape index (κ3) is 4.92. The van der Waals surface area contributed by atoms with Crippen molar-refractivity contribution in [3.63, 3.8) is 0 Å². The van der Waals surface area contributed by atoms with Crippen LogP contribution in [-0.2, 0) is 0 Å². The number of rotatable bonds is 7. The van der Waals surface area contributed by atoms with Gasteiger partial charge in [-0.25, -0.2) is 4.99 Å². The van der Waals surface area contributed by atoms with Crippen molar-refractivity contribution in [3.05, 3.63) is 46.5 Å². The number of halogens is 1. The highest BCUT2D eigenvalue weighted by molar-refractivity contribution is 6.31. The Balaban J connectivity index is 2.34. The Labute approximate surface area is 161 Å². The lowest BCUT2D eigenvalue weighted by Crippen LogP contribution is -2.14. The second-order valence-corrected chi connectivity index (χ2v) is 6.95. The topological polar surface area (TPSA) is 34.1 Å². The van der Waals surface area contributed by atoms with Crippen LogP contribution in [0.2, 0.25) is 5.02 Å². The van der Waals surface area contributed by atoms with Crippen LogP contribution in [0, 0.1) is 6.92 Å². The highest BCUT2D eigenvalue weighted by Crippen LogP contribution is 2.38. The molecule has 0 fully saturated rings. The average molecular weight is 375 g/mol. The summed E-state index contributed by atoms with van der Waals surface area (Å²) in [5.74, 6) is 2.35. The van der Waals surface area contributed by atoms with Crippen LogP contribution in [0.4, 0.5) is 5.69 Å². The molecule has 0 aliphatic carbocycles. The smallest absolute Gasteiger partial charge is 0.169 e.